The number of nitrogens with zero attached hydrogens (tertiary/aromatic N) is 2. The topological polar surface area (TPSA) is 47.0 Å². The van der Waals surface area contributed by atoms with Crippen LogP contribution < -0.4 is 10.1 Å². The Morgan fingerprint density at radius 2 is 2.20 bits per heavy atom. The van der Waals surface area contributed by atoms with Gasteiger partial charge in [-0.05, 0) is 47.6 Å². The lowest BCUT2D eigenvalue weighted by Crippen LogP contribution is -2.13. The Labute approximate surface area is 125 Å². The maximum Gasteiger partial charge on any atom is 0.322 e. The Kier molecular flexibility index (Phi) is 5.03. The molecule has 0 saturated heterocycles. The van der Waals surface area contributed by atoms with E-state index in [1.807, 2.05) is 13.8 Å². The van der Waals surface area contributed by atoms with Gasteiger partial charge < -0.3 is 10.1 Å². The molecule has 0 amide bonds. The third-order valence-electron chi connectivity index (χ3n) is 2.72. The Morgan fingerprint density at radius 3 is 2.85 bits per heavy atom. The van der Waals surface area contributed by atoms with E-state index in [-0.39, 0.29) is 11.8 Å². The minimum Gasteiger partial charge on any atom is -0.424 e. The first-order valence-electron chi connectivity index (χ1n) is 6.26. The molecule has 106 valence electrons. The van der Waals surface area contributed by atoms with E-state index in [0.717, 1.165) is 24.3 Å². The van der Waals surface area contributed by atoms with Crippen molar-refractivity contribution >= 4 is 15.9 Å². The smallest absolute Gasteiger partial charge is 0.322 e. The number of aryl methyl sites for hydroxylation is 1. The maximum absolute atomic E-state index is 13.1. The molecule has 0 aliphatic heterocycles. The average Bonchev–Trinajstić information content (AvgIpc) is 2.42. The molecule has 0 radical (unpaired) electrons. The summed E-state index contributed by atoms with van der Waals surface area (Å²) < 4.78 is 19.0. The second kappa shape index (κ2) is 6.76. The van der Waals surface area contributed by atoms with E-state index in [9.17, 15) is 4.39 Å². The van der Waals surface area contributed by atoms with E-state index in [0.29, 0.717) is 10.2 Å². The van der Waals surface area contributed by atoms with Crippen molar-refractivity contribution in [1.29, 1.82) is 0 Å². The van der Waals surface area contributed by atoms with Crippen molar-refractivity contribution in [2.75, 3.05) is 6.54 Å². The van der Waals surface area contributed by atoms with Crippen LogP contribution >= 0.6 is 15.9 Å². The predicted octanol–water partition coefficient (Wildman–Crippen LogP) is 3.59. The lowest BCUT2D eigenvalue weighted by Gasteiger charge is -2.08. The molecule has 0 spiro atoms. The summed E-state index contributed by atoms with van der Waals surface area (Å²) in [7, 11) is 0. The fourth-order valence-corrected chi connectivity index (χ4v) is 1.96. The van der Waals surface area contributed by atoms with Crippen LogP contribution in [0.25, 0.3) is 0 Å². The lowest BCUT2D eigenvalue weighted by molar-refractivity contribution is 0.437. The first-order valence-corrected chi connectivity index (χ1v) is 7.05. The van der Waals surface area contributed by atoms with E-state index < -0.39 is 0 Å². The molecular formula is C14H15BrFN3O. The van der Waals surface area contributed by atoms with Crippen LogP contribution in [-0.4, -0.2) is 16.5 Å². The SMILES string of the molecule is CCNCc1cnc(Oc2ccc(F)c(Br)c2)nc1C. The average molecular weight is 340 g/mol. The van der Waals surface area contributed by atoms with Crippen LogP contribution in [0.2, 0.25) is 0 Å². The molecule has 0 unspecified atom stereocenters. The van der Waals surface area contributed by atoms with Gasteiger partial charge in [-0.2, -0.15) is 4.98 Å². The Bertz CT molecular complexity index is 607. The van der Waals surface area contributed by atoms with Gasteiger partial charge in [-0.25, -0.2) is 9.37 Å². The van der Waals surface area contributed by atoms with Crippen LogP contribution in [0.1, 0.15) is 18.2 Å². The highest BCUT2D eigenvalue weighted by atomic mass is 79.9. The Hall–Kier alpha value is -1.53. The molecule has 1 N–H and O–H groups in total. The molecule has 0 bridgehead atoms. The second-order valence-electron chi connectivity index (χ2n) is 4.22. The molecule has 0 saturated carbocycles. The second-order valence-corrected chi connectivity index (χ2v) is 5.08. The summed E-state index contributed by atoms with van der Waals surface area (Å²) in [6.07, 6.45) is 1.74. The molecule has 2 aromatic rings. The van der Waals surface area contributed by atoms with Crippen LogP contribution in [0.4, 0.5) is 4.39 Å². The van der Waals surface area contributed by atoms with Crippen molar-refractivity contribution in [3.05, 3.63) is 45.9 Å². The first-order chi connectivity index (χ1) is 9.60. The van der Waals surface area contributed by atoms with Gasteiger partial charge in [-0.1, -0.05) is 6.92 Å². The summed E-state index contributed by atoms with van der Waals surface area (Å²) in [4.78, 5) is 8.45. The van der Waals surface area contributed by atoms with Gasteiger partial charge in [0.1, 0.15) is 11.6 Å². The Morgan fingerprint density at radius 1 is 1.40 bits per heavy atom. The molecule has 6 heteroatoms. The highest BCUT2D eigenvalue weighted by Gasteiger charge is 2.07. The standard InChI is InChI=1S/C14H15BrFN3O/c1-3-17-7-10-8-18-14(19-9(10)2)20-11-4-5-13(16)12(15)6-11/h4-6,8,17H,3,7H2,1-2H3. The summed E-state index contributed by atoms with van der Waals surface area (Å²) in [5.41, 5.74) is 1.89. The molecule has 1 aromatic carbocycles. The molecule has 0 aliphatic rings. The number of benzene rings is 1. The first kappa shape index (κ1) is 14.9. The summed E-state index contributed by atoms with van der Waals surface area (Å²) in [6.45, 7) is 5.56. The monoisotopic (exact) mass is 339 g/mol. The lowest BCUT2D eigenvalue weighted by atomic mass is 10.2. The highest BCUT2D eigenvalue weighted by Crippen LogP contribution is 2.24. The largest absolute Gasteiger partial charge is 0.424 e. The zero-order valence-electron chi connectivity index (χ0n) is 11.3. The van der Waals surface area contributed by atoms with Gasteiger partial charge in [0.2, 0.25) is 0 Å². The molecule has 0 atom stereocenters. The number of hydrogen-bond acceptors (Lipinski definition) is 4. The van der Waals surface area contributed by atoms with Crippen molar-refractivity contribution in [2.45, 2.75) is 20.4 Å². The zero-order chi connectivity index (χ0) is 14.5. The molecule has 2 rings (SSSR count). The normalized spacial score (nSPS) is 10.6. The maximum atomic E-state index is 13.1. The highest BCUT2D eigenvalue weighted by molar-refractivity contribution is 9.10. The summed E-state index contributed by atoms with van der Waals surface area (Å²) >= 11 is 3.11. The van der Waals surface area contributed by atoms with Gasteiger partial charge in [0.25, 0.3) is 0 Å². The summed E-state index contributed by atoms with van der Waals surface area (Å²) in [6, 6.07) is 4.65. The van der Waals surface area contributed by atoms with Crippen LogP contribution in [-0.2, 0) is 6.54 Å². The van der Waals surface area contributed by atoms with Crippen molar-refractivity contribution in [1.82, 2.24) is 15.3 Å². The van der Waals surface area contributed by atoms with Gasteiger partial charge >= 0.3 is 6.01 Å². The van der Waals surface area contributed by atoms with Crippen molar-refractivity contribution in [3.63, 3.8) is 0 Å². The predicted molar refractivity (Wildman–Crippen MR) is 78.3 cm³/mol. The van der Waals surface area contributed by atoms with E-state index in [1.165, 1.54) is 12.1 Å². The van der Waals surface area contributed by atoms with Crippen molar-refractivity contribution < 1.29 is 9.13 Å². The fourth-order valence-electron chi connectivity index (χ4n) is 1.60. The minimum absolute atomic E-state index is 0.251. The van der Waals surface area contributed by atoms with E-state index in [2.05, 4.69) is 31.2 Å². The molecule has 0 aliphatic carbocycles. The van der Waals surface area contributed by atoms with Crippen LogP contribution in [0.3, 0.4) is 0 Å². The molecule has 1 heterocycles. The van der Waals surface area contributed by atoms with Crippen molar-refractivity contribution in [3.8, 4) is 11.8 Å². The van der Waals surface area contributed by atoms with Gasteiger partial charge in [0.05, 0.1) is 4.47 Å². The van der Waals surface area contributed by atoms with E-state index in [1.54, 1.807) is 12.3 Å². The van der Waals surface area contributed by atoms with Crippen molar-refractivity contribution in [2.24, 2.45) is 0 Å². The Balaban J connectivity index is 2.13. The van der Waals surface area contributed by atoms with Gasteiger partial charge in [0.15, 0.2) is 0 Å². The van der Waals surface area contributed by atoms with Gasteiger partial charge in [-0.3, -0.25) is 0 Å². The van der Waals surface area contributed by atoms with E-state index >= 15 is 0 Å². The quantitative estimate of drug-likeness (QED) is 0.904. The van der Waals surface area contributed by atoms with Crippen LogP contribution in [0.15, 0.2) is 28.9 Å². The summed E-state index contributed by atoms with van der Waals surface area (Å²) in [5, 5.41) is 3.22. The number of hydrogen-bond donors (Lipinski definition) is 1. The molecule has 4 nitrogen and oxygen atoms in total. The minimum atomic E-state index is -0.338. The zero-order valence-corrected chi connectivity index (χ0v) is 12.9. The number of ether oxygens (including phenoxy) is 1. The molecule has 20 heavy (non-hydrogen) atoms. The third kappa shape index (κ3) is 3.74. The molecule has 0 fully saturated rings. The van der Waals surface area contributed by atoms with Gasteiger partial charge in [0, 0.05) is 24.0 Å². The van der Waals surface area contributed by atoms with Crippen LogP contribution in [0.5, 0.6) is 11.8 Å². The number of halogens is 2. The molecular weight excluding hydrogens is 325 g/mol. The number of rotatable bonds is 5. The fraction of sp³-hybridized carbons (Fsp3) is 0.286. The van der Waals surface area contributed by atoms with E-state index in [4.69, 9.17) is 4.74 Å². The van der Waals surface area contributed by atoms with Gasteiger partial charge in [-0.15, -0.1) is 0 Å². The van der Waals surface area contributed by atoms with Crippen LogP contribution in [0, 0.1) is 12.7 Å². The number of nitrogens with one attached hydrogen (secondary N) is 1. The number of aromatic nitrogens is 2. The molecule has 1 aromatic heterocycles. The third-order valence-corrected chi connectivity index (χ3v) is 3.33. The summed E-state index contributed by atoms with van der Waals surface area (Å²) in [5.74, 6) is 0.146.